The molecule has 0 N–H and O–H groups in total. The number of aromatic nitrogens is 2. The quantitative estimate of drug-likeness (QED) is 0.762. The first-order valence-corrected chi connectivity index (χ1v) is 5.06. The van der Waals surface area contributed by atoms with E-state index >= 15 is 0 Å². The molecule has 0 saturated heterocycles. The molecule has 0 radical (unpaired) electrons. The monoisotopic (exact) mass is 236 g/mol. The van der Waals surface area contributed by atoms with Gasteiger partial charge in [0.25, 0.3) is 0 Å². The fraction of sp³-hybridized carbons (Fsp3) is 0.167. The first-order valence-electron chi connectivity index (χ1n) is 5.06. The Bertz CT molecular complexity index is 511. The summed E-state index contributed by atoms with van der Waals surface area (Å²) >= 11 is 0. The average Bonchev–Trinajstić information content (AvgIpc) is 2.82. The van der Waals surface area contributed by atoms with Gasteiger partial charge in [-0.3, -0.25) is 0 Å². The van der Waals surface area contributed by atoms with Crippen molar-refractivity contribution in [3.8, 4) is 0 Å². The highest BCUT2D eigenvalue weighted by Gasteiger charge is 2.13. The molecule has 2 rings (SSSR count). The zero-order valence-electron chi connectivity index (χ0n) is 8.88. The molecule has 0 aliphatic rings. The molecular formula is C12H10F2N2O. The normalized spacial score (nSPS) is 12.4. The molecule has 1 heterocycles. The second kappa shape index (κ2) is 4.86. The van der Waals surface area contributed by atoms with Crippen molar-refractivity contribution < 1.29 is 13.6 Å². The number of benzene rings is 1. The third kappa shape index (κ3) is 2.55. The number of nitrogens with zero attached hydrogens (tertiary/aromatic N) is 2. The molecule has 0 bridgehead atoms. The fourth-order valence-corrected chi connectivity index (χ4v) is 1.59. The van der Waals surface area contributed by atoms with E-state index in [0.29, 0.717) is 18.4 Å². The van der Waals surface area contributed by atoms with Gasteiger partial charge in [0.1, 0.15) is 6.29 Å². The minimum Gasteiger partial charge on any atom is -0.336 e. The molecule has 1 aromatic carbocycles. The summed E-state index contributed by atoms with van der Waals surface area (Å²) < 4.78 is 27.5. The molecule has 1 aromatic heterocycles. The predicted octanol–water partition coefficient (Wildman–Crippen LogP) is 2.14. The maximum atomic E-state index is 13.0. The molecule has 0 amide bonds. The van der Waals surface area contributed by atoms with Crippen LogP contribution in [0.15, 0.2) is 36.9 Å². The summed E-state index contributed by atoms with van der Waals surface area (Å²) in [6.07, 6.45) is 5.58. The van der Waals surface area contributed by atoms with Gasteiger partial charge in [0.05, 0.1) is 12.2 Å². The van der Waals surface area contributed by atoms with Crippen LogP contribution in [0.3, 0.4) is 0 Å². The Morgan fingerprint density at radius 2 is 2.18 bits per heavy atom. The molecule has 0 aliphatic carbocycles. The van der Waals surface area contributed by atoms with Crippen molar-refractivity contribution in [2.75, 3.05) is 0 Å². The number of hydrogen-bond donors (Lipinski definition) is 0. The van der Waals surface area contributed by atoms with Crippen LogP contribution in [0.4, 0.5) is 8.78 Å². The highest BCUT2D eigenvalue weighted by atomic mass is 19.2. The molecule has 5 heteroatoms. The van der Waals surface area contributed by atoms with E-state index in [1.807, 2.05) is 0 Å². The number of rotatable bonds is 4. The van der Waals surface area contributed by atoms with E-state index in [2.05, 4.69) is 4.98 Å². The largest absolute Gasteiger partial charge is 0.336 e. The van der Waals surface area contributed by atoms with E-state index in [1.165, 1.54) is 6.07 Å². The second-order valence-corrected chi connectivity index (χ2v) is 3.68. The van der Waals surface area contributed by atoms with Crippen LogP contribution in [0.25, 0.3) is 0 Å². The third-order valence-electron chi connectivity index (χ3n) is 2.50. The molecule has 88 valence electrons. The van der Waals surface area contributed by atoms with Crippen molar-refractivity contribution in [2.24, 2.45) is 0 Å². The lowest BCUT2D eigenvalue weighted by molar-refractivity contribution is -0.109. The highest BCUT2D eigenvalue weighted by molar-refractivity contribution is 5.61. The van der Waals surface area contributed by atoms with Crippen molar-refractivity contribution in [1.82, 2.24) is 9.55 Å². The molecule has 0 aliphatic heterocycles. The molecule has 1 atom stereocenters. The number of halogens is 2. The van der Waals surface area contributed by atoms with Crippen molar-refractivity contribution in [3.63, 3.8) is 0 Å². The summed E-state index contributed by atoms with van der Waals surface area (Å²) in [5, 5.41) is 0. The van der Waals surface area contributed by atoms with Crippen molar-refractivity contribution >= 4 is 6.29 Å². The molecule has 17 heavy (non-hydrogen) atoms. The van der Waals surface area contributed by atoms with Gasteiger partial charge in [-0.1, -0.05) is 6.07 Å². The Balaban J connectivity index is 2.23. The van der Waals surface area contributed by atoms with Crippen LogP contribution < -0.4 is 0 Å². The van der Waals surface area contributed by atoms with E-state index in [-0.39, 0.29) is 0 Å². The van der Waals surface area contributed by atoms with Crippen LogP contribution in [-0.2, 0) is 11.3 Å². The van der Waals surface area contributed by atoms with Gasteiger partial charge in [0.2, 0.25) is 0 Å². The Kier molecular flexibility index (Phi) is 3.27. The SMILES string of the molecule is O=CC(Cn1ccnc1)c1ccc(F)c(F)c1. The lowest BCUT2D eigenvalue weighted by Gasteiger charge is -2.11. The Labute approximate surface area is 96.7 Å². The number of aldehydes is 1. The van der Waals surface area contributed by atoms with Crippen molar-refractivity contribution in [1.29, 1.82) is 0 Å². The number of carbonyl (C=O) groups excluding carboxylic acids is 1. The smallest absolute Gasteiger partial charge is 0.159 e. The summed E-state index contributed by atoms with van der Waals surface area (Å²) in [5.74, 6) is -2.37. The molecule has 1 unspecified atom stereocenters. The fourth-order valence-electron chi connectivity index (χ4n) is 1.59. The Morgan fingerprint density at radius 3 is 2.76 bits per heavy atom. The van der Waals surface area contributed by atoms with Crippen LogP contribution in [0.2, 0.25) is 0 Å². The van der Waals surface area contributed by atoms with Crippen LogP contribution in [0.5, 0.6) is 0 Å². The van der Waals surface area contributed by atoms with E-state index in [1.54, 1.807) is 23.3 Å². The summed E-state index contributed by atoms with van der Waals surface area (Å²) in [6.45, 7) is 0.356. The third-order valence-corrected chi connectivity index (χ3v) is 2.50. The van der Waals surface area contributed by atoms with Gasteiger partial charge in [-0.2, -0.15) is 0 Å². The zero-order valence-corrected chi connectivity index (χ0v) is 8.88. The number of hydrogen-bond acceptors (Lipinski definition) is 2. The molecule has 0 fully saturated rings. The summed E-state index contributed by atoms with van der Waals surface area (Å²) in [7, 11) is 0. The summed E-state index contributed by atoms with van der Waals surface area (Å²) in [6, 6.07) is 3.48. The first kappa shape index (κ1) is 11.4. The molecular weight excluding hydrogens is 226 g/mol. The van der Waals surface area contributed by atoms with Gasteiger partial charge in [-0.05, 0) is 17.7 Å². The van der Waals surface area contributed by atoms with Gasteiger partial charge < -0.3 is 9.36 Å². The van der Waals surface area contributed by atoms with Gasteiger partial charge >= 0.3 is 0 Å². The standard InChI is InChI=1S/C12H10F2N2O/c13-11-2-1-9(5-12(11)14)10(7-17)6-16-4-3-15-8-16/h1-5,7-8,10H,6H2. The van der Waals surface area contributed by atoms with Gasteiger partial charge in [-0.25, -0.2) is 13.8 Å². The highest BCUT2D eigenvalue weighted by Crippen LogP contribution is 2.18. The van der Waals surface area contributed by atoms with Crippen molar-refractivity contribution in [3.05, 3.63) is 54.1 Å². The molecule has 2 aromatic rings. The van der Waals surface area contributed by atoms with Crippen molar-refractivity contribution in [2.45, 2.75) is 12.5 Å². The van der Waals surface area contributed by atoms with Crippen LogP contribution >= 0.6 is 0 Å². The minimum atomic E-state index is -0.944. The maximum Gasteiger partial charge on any atom is 0.159 e. The summed E-state index contributed by atoms with van der Waals surface area (Å²) in [5.41, 5.74) is 0.451. The van der Waals surface area contributed by atoms with E-state index < -0.39 is 17.6 Å². The first-order chi connectivity index (χ1) is 8.20. The van der Waals surface area contributed by atoms with Crippen LogP contribution in [0, 0.1) is 11.6 Å². The van der Waals surface area contributed by atoms with Gasteiger partial charge in [-0.15, -0.1) is 0 Å². The lowest BCUT2D eigenvalue weighted by atomic mass is 10.0. The minimum absolute atomic E-state index is 0.356. The average molecular weight is 236 g/mol. The Hall–Kier alpha value is -2.04. The Morgan fingerprint density at radius 1 is 1.35 bits per heavy atom. The predicted molar refractivity (Wildman–Crippen MR) is 57.4 cm³/mol. The zero-order chi connectivity index (χ0) is 12.3. The molecule has 0 saturated carbocycles. The topological polar surface area (TPSA) is 34.9 Å². The molecule has 0 spiro atoms. The second-order valence-electron chi connectivity index (χ2n) is 3.68. The number of carbonyl (C=O) groups is 1. The summed E-state index contributed by atoms with van der Waals surface area (Å²) in [4.78, 5) is 14.8. The maximum absolute atomic E-state index is 13.0. The van der Waals surface area contributed by atoms with E-state index in [9.17, 15) is 13.6 Å². The number of imidazole rings is 1. The lowest BCUT2D eigenvalue weighted by Crippen LogP contribution is -2.09. The molecule has 3 nitrogen and oxygen atoms in total. The van der Waals surface area contributed by atoms with E-state index in [0.717, 1.165) is 12.1 Å². The van der Waals surface area contributed by atoms with Crippen LogP contribution in [-0.4, -0.2) is 15.8 Å². The van der Waals surface area contributed by atoms with Crippen LogP contribution in [0.1, 0.15) is 11.5 Å². The van der Waals surface area contributed by atoms with E-state index in [4.69, 9.17) is 0 Å². The van der Waals surface area contributed by atoms with Gasteiger partial charge in [0, 0.05) is 18.9 Å². The van der Waals surface area contributed by atoms with Gasteiger partial charge in [0.15, 0.2) is 11.6 Å².